The van der Waals surface area contributed by atoms with Gasteiger partial charge in [-0.1, -0.05) is 12.1 Å². The van der Waals surface area contributed by atoms with Crippen LogP contribution in [0, 0.1) is 10.1 Å². The van der Waals surface area contributed by atoms with Crippen molar-refractivity contribution in [1.82, 2.24) is 0 Å². The molecular weight excluding hydrogens is 355 g/mol. The molecule has 0 aliphatic carbocycles. The lowest BCUT2D eigenvalue weighted by Crippen LogP contribution is -2.06. The number of hydrogen-bond donors (Lipinski definition) is 1. The fourth-order valence-electron chi connectivity index (χ4n) is 1.79. The summed E-state index contributed by atoms with van der Waals surface area (Å²) >= 11 is 0. The number of nitro benzene ring substituents is 1. The molecule has 2 rings (SSSR count). The zero-order valence-corrected chi connectivity index (χ0v) is 12.3. The van der Waals surface area contributed by atoms with Crippen LogP contribution in [0.3, 0.4) is 0 Å². The molecule has 24 heavy (non-hydrogen) atoms. The average Bonchev–Trinajstić information content (AvgIpc) is 2.45. The van der Waals surface area contributed by atoms with Crippen molar-refractivity contribution < 1.29 is 35.8 Å². The van der Waals surface area contributed by atoms with Gasteiger partial charge in [-0.25, -0.2) is 0 Å². The second kappa shape index (κ2) is 6.09. The van der Waals surface area contributed by atoms with E-state index >= 15 is 0 Å². The van der Waals surface area contributed by atoms with E-state index in [1.54, 1.807) is 0 Å². The molecule has 0 aromatic heterocycles. The molecule has 1 N–H and O–H groups in total. The molecule has 0 aliphatic heterocycles. The Hall–Kier alpha value is -2.66. The number of hydrogen-bond acceptors (Lipinski definition) is 5. The van der Waals surface area contributed by atoms with Gasteiger partial charge in [0, 0.05) is 6.07 Å². The van der Waals surface area contributed by atoms with Gasteiger partial charge in [-0.2, -0.15) is 21.6 Å². The van der Waals surface area contributed by atoms with Crippen LogP contribution in [0.2, 0.25) is 0 Å². The standard InChI is InChI=1S/C13H8F3NO6S/c14-13(15,16)8-5-6-10(9(7-8)17(18)19)23-11-3-1-2-4-12(11)24(20,21)22/h1-7H,(H,20,21,22). The van der Waals surface area contributed by atoms with Crippen molar-refractivity contribution in [3.05, 3.63) is 58.1 Å². The smallest absolute Gasteiger partial charge is 0.416 e. The first-order valence-electron chi connectivity index (χ1n) is 6.10. The summed E-state index contributed by atoms with van der Waals surface area (Å²) in [6.45, 7) is 0. The van der Waals surface area contributed by atoms with Gasteiger partial charge in [0.15, 0.2) is 0 Å². The molecule has 0 radical (unpaired) electrons. The highest BCUT2D eigenvalue weighted by Gasteiger charge is 2.33. The number of para-hydroxylation sites is 1. The summed E-state index contributed by atoms with van der Waals surface area (Å²) in [4.78, 5) is 9.19. The highest BCUT2D eigenvalue weighted by atomic mass is 32.2. The van der Waals surface area contributed by atoms with Gasteiger partial charge >= 0.3 is 11.9 Å². The van der Waals surface area contributed by atoms with Gasteiger partial charge < -0.3 is 4.74 Å². The molecule has 0 fully saturated rings. The first-order valence-corrected chi connectivity index (χ1v) is 7.54. The second-order valence-corrected chi connectivity index (χ2v) is 5.85. The Kier molecular flexibility index (Phi) is 4.49. The molecule has 0 saturated heterocycles. The van der Waals surface area contributed by atoms with E-state index in [9.17, 15) is 31.7 Å². The molecule has 0 spiro atoms. The number of alkyl halides is 3. The topological polar surface area (TPSA) is 107 Å². The molecule has 0 atom stereocenters. The van der Waals surface area contributed by atoms with Crippen molar-refractivity contribution in [3.8, 4) is 11.5 Å². The Morgan fingerprint density at radius 3 is 2.25 bits per heavy atom. The minimum atomic E-state index is -4.80. The van der Waals surface area contributed by atoms with Crippen LogP contribution < -0.4 is 4.74 Å². The zero-order chi connectivity index (χ0) is 18.1. The Labute approximate surface area is 133 Å². The zero-order valence-electron chi connectivity index (χ0n) is 11.5. The summed E-state index contributed by atoms with van der Waals surface area (Å²) in [6, 6.07) is 6.16. The minimum Gasteiger partial charge on any atom is -0.449 e. The summed E-state index contributed by atoms with van der Waals surface area (Å²) in [5, 5.41) is 11.0. The Bertz CT molecular complexity index is 895. The summed E-state index contributed by atoms with van der Waals surface area (Å²) in [5.41, 5.74) is -2.26. The SMILES string of the molecule is O=[N+]([O-])c1cc(C(F)(F)F)ccc1Oc1ccccc1S(=O)(=O)O. The maximum atomic E-state index is 12.6. The van der Waals surface area contributed by atoms with Gasteiger partial charge in [0.05, 0.1) is 10.5 Å². The van der Waals surface area contributed by atoms with Crippen molar-refractivity contribution in [3.63, 3.8) is 0 Å². The Balaban J connectivity index is 2.54. The van der Waals surface area contributed by atoms with E-state index in [-0.39, 0.29) is 6.07 Å². The van der Waals surface area contributed by atoms with Crippen molar-refractivity contribution >= 4 is 15.8 Å². The van der Waals surface area contributed by atoms with Crippen LogP contribution in [0.1, 0.15) is 5.56 Å². The lowest BCUT2D eigenvalue weighted by atomic mass is 10.2. The van der Waals surface area contributed by atoms with Crippen LogP contribution in [0.4, 0.5) is 18.9 Å². The normalized spacial score (nSPS) is 12.0. The highest BCUT2D eigenvalue weighted by molar-refractivity contribution is 7.86. The summed E-state index contributed by atoms with van der Waals surface area (Å²) in [7, 11) is -4.69. The number of ether oxygens (including phenoxy) is 1. The van der Waals surface area contributed by atoms with Gasteiger partial charge in [-0.05, 0) is 24.3 Å². The molecule has 2 aromatic rings. The van der Waals surface area contributed by atoms with E-state index in [0.717, 1.165) is 12.1 Å². The van der Waals surface area contributed by atoms with E-state index in [1.165, 1.54) is 12.1 Å². The van der Waals surface area contributed by atoms with Gasteiger partial charge in [-0.3, -0.25) is 14.7 Å². The third kappa shape index (κ3) is 3.81. The Morgan fingerprint density at radius 2 is 1.71 bits per heavy atom. The quantitative estimate of drug-likeness (QED) is 0.505. The molecule has 0 heterocycles. The van der Waals surface area contributed by atoms with Crippen LogP contribution in [-0.2, 0) is 16.3 Å². The summed E-state index contributed by atoms with van der Waals surface area (Å²) < 4.78 is 74.5. The number of nitro groups is 1. The molecule has 0 aliphatic rings. The fourth-order valence-corrected chi connectivity index (χ4v) is 2.40. The van der Waals surface area contributed by atoms with Gasteiger partial charge in [0.1, 0.15) is 10.6 Å². The molecule has 11 heteroatoms. The summed E-state index contributed by atoms with van der Waals surface area (Å²) in [6.07, 6.45) is -4.80. The largest absolute Gasteiger partial charge is 0.449 e. The lowest BCUT2D eigenvalue weighted by molar-refractivity contribution is -0.385. The molecule has 0 amide bonds. The van der Waals surface area contributed by atoms with Crippen molar-refractivity contribution in [2.45, 2.75) is 11.1 Å². The van der Waals surface area contributed by atoms with Crippen LogP contribution >= 0.6 is 0 Å². The monoisotopic (exact) mass is 363 g/mol. The number of nitrogens with zero attached hydrogens (tertiary/aromatic N) is 1. The molecule has 0 saturated carbocycles. The second-order valence-electron chi connectivity index (χ2n) is 4.46. The molecular formula is C13H8F3NO6S. The number of benzene rings is 2. The fraction of sp³-hybridized carbons (Fsp3) is 0.0769. The van der Waals surface area contributed by atoms with E-state index in [0.29, 0.717) is 12.1 Å². The Morgan fingerprint density at radius 1 is 1.08 bits per heavy atom. The predicted octanol–water partition coefficient (Wildman–Crippen LogP) is 3.65. The van der Waals surface area contributed by atoms with Crippen molar-refractivity contribution in [2.75, 3.05) is 0 Å². The molecule has 7 nitrogen and oxygen atoms in total. The van der Waals surface area contributed by atoms with Gasteiger partial charge in [0.25, 0.3) is 10.1 Å². The predicted molar refractivity (Wildman–Crippen MR) is 74.4 cm³/mol. The minimum absolute atomic E-state index is 0.269. The molecule has 0 bridgehead atoms. The number of halogens is 3. The first-order chi connectivity index (χ1) is 11.0. The maximum absolute atomic E-state index is 12.6. The molecule has 0 unspecified atom stereocenters. The van der Waals surface area contributed by atoms with Crippen molar-refractivity contribution in [2.24, 2.45) is 0 Å². The van der Waals surface area contributed by atoms with Crippen molar-refractivity contribution in [1.29, 1.82) is 0 Å². The lowest BCUT2D eigenvalue weighted by Gasteiger charge is -2.11. The van der Waals surface area contributed by atoms with E-state index < -0.39 is 48.9 Å². The molecule has 128 valence electrons. The maximum Gasteiger partial charge on any atom is 0.416 e. The third-order valence-electron chi connectivity index (χ3n) is 2.83. The van der Waals surface area contributed by atoms with E-state index in [1.807, 2.05) is 0 Å². The van der Waals surface area contributed by atoms with Crippen LogP contribution in [0.25, 0.3) is 0 Å². The van der Waals surface area contributed by atoms with E-state index in [4.69, 9.17) is 9.29 Å². The van der Waals surface area contributed by atoms with Crippen LogP contribution in [-0.4, -0.2) is 17.9 Å². The number of rotatable bonds is 4. The van der Waals surface area contributed by atoms with Gasteiger partial charge in [0.2, 0.25) is 5.75 Å². The average molecular weight is 363 g/mol. The highest BCUT2D eigenvalue weighted by Crippen LogP contribution is 2.39. The summed E-state index contributed by atoms with van der Waals surface area (Å²) in [5.74, 6) is -1.08. The van der Waals surface area contributed by atoms with Crippen LogP contribution in [0.15, 0.2) is 47.4 Å². The van der Waals surface area contributed by atoms with E-state index in [2.05, 4.69) is 0 Å². The molecule has 2 aromatic carbocycles. The van der Waals surface area contributed by atoms with Gasteiger partial charge in [-0.15, -0.1) is 0 Å². The third-order valence-corrected chi connectivity index (χ3v) is 3.72. The first kappa shape index (κ1) is 17.7. The van der Waals surface area contributed by atoms with Crippen LogP contribution in [0.5, 0.6) is 11.5 Å².